The largest absolute Gasteiger partial charge is 0.506 e. The fourth-order valence-electron chi connectivity index (χ4n) is 3.20. The molecule has 1 heterocycles. The number of fused-ring (bicyclic) bond motifs is 1. The van der Waals surface area contributed by atoms with E-state index in [9.17, 15) is 9.90 Å². The molecule has 1 aliphatic rings. The Balaban J connectivity index is 1.86. The quantitative estimate of drug-likeness (QED) is 0.856. The lowest BCUT2D eigenvalue weighted by atomic mass is 9.74. The number of aromatic hydroxyl groups is 1. The number of rotatable bonds is 2. The van der Waals surface area contributed by atoms with Crippen molar-refractivity contribution in [2.75, 3.05) is 0 Å². The molecule has 0 saturated heterocycles. The van der Waals surface area contributed by atoms with Gasteiger partial charge in [-0.25, -0.2) is 0 Å². The molecule has 2 aromatic rings. The van der Waals surface area contributed by atoms with Gasteiger partial charge in [-0.05, 0) is 43.0 Å². The molecule has 1 aromatic heterocycles. The van der Waals surface area contributed by atoms with Crippen LogP contribution in [0.2, 0.25) is 5.02 Å². The Morgan fingerprint density at radius 1 is 1.39 bits per heavy atom. The standard InChI is InChI=1S/C18H20ClNO3/c1-10-6-12-14(8-18(2,3)9-16(12)23-10)20-17(22)11-4-5-15(21)13(19)7-11/h4-7,14,21H,8-9H2,1-3H3,(H,20,22)/t14-/m1/s1. The summed E-state index contributed by atoms with van der Waals surface area (Å²) in [6, 6.07) is 6.37. The molecule has 5 heteroatoms. The van der Waals surface area contributed by atoms with Crippen molar-refractivity contribution in [3.8, 4) is 5.75 Å². The highest BCUT2D eigenvalue weighted by Crippen LogP contribution is 2.42. The number of hydrogen-bond donors (Lipinski definition) is 2. The van der Waals surface area contributed by atoms with Gasteiger partial charge < -0.3 is 14.8 Å². The number of carbonyl (C=O) groups is 1. The maximum Gasteiger partial charge on any atom is 0.251 e. The summed E-state index contributed by atoms with van der Waals surface area (Å²) >= 11 is 5.89. The Kier molecular flexibility index (Phi) is 3.88. The molecule has 1 aromatic carbocycles. The van der Waals surface area contributed by atoms with Crippen molar-refractivity contribution in [1.82, 2.24) is 5.32 Å². The van der Waals surface area contributed by atoms with Gasteiger partial charge in [-0.15, -0.1) is 0 Å². The zero-order chi connectivity index (χ0) is 16.8. The second kappa shape index (κ2) is 5.60. The van der Waals surface area contributed by atoms with Crippen molar-refractivity contribution in [2.24, 2.45) is 5.41 Å². The second-order valence-corrected chi connectivity index (χ2v) is 7.38. The van der Waals surface area contributed by atoms with Gasteiger partial charge >= 0.3 is 0 Å². The van der Waals surface area contributed by atoms with Crippen LogP contribution in [0.4, 0.5) is 0 Å². The third kappa shape index (κ3) is 3.22. The number of nitrogens with one attached hydrogen (secondary N) is 1. The third-order valence-corrected chi connectivity index (χ3v) is 4.55. The van der Waals surface area contributed by atoms with Crippen molar-refractivity contribution in [3.05, 3.63) is 51.9 Å². The minimum Gasteiger partial charge on any atom is -0.506 e. The molecule has 0 aliphatic heterocycles. The maximum atomic E-state index is 12.5. The highest BCUT2D eigenvalue weighted by atomic mass is 35.5. The van der Waals surface area contributed by atoms with E-state index in [1.165, 1.54) is 12.1 Å². The zero-order valence-electron chi connectivity index (χ0n) is 13.4. The predicted octanol–water partition coefficient (Wildman–Crippen LogP) is 4.39. The SMILES string of the molecule is Cc1cc2c(o1)CC(C)(C)C[C@H]2NC(=O)c1ccc(O)c(Cl)c1. The summed E-state index contributed by atoms with van der Waals surface area (Å²) in [5.74, 6) is 1.57. The van der Waals surface area contributed by atoms with Crippen LogP contribution in [0.15, 0.2) is 28.7 Å². The van der Waals surface area contributed by atoms with E-state index in [2.05, 4.69) is 19.2 Å². The van der Waals surface area contributed by atoms with Crippen LogP contribution < -0.4 is 5.32 Å². The summed E-state index contributed by atoms with van der Waals surface area (Å²) in [5.41, 5.74) is 1.54. The van der Waals surface area contributed by atoms with E-state index >= 15 is 0 Å². The van der Waals surface area contributed by atoms with Gasteiger partial charge in [-0.3, -0.25) is 4.79 Å². The van der Waals surface area contributed by atoms with Crippen LogP contribution >= 0.6 is 11.6 Å². The maximum absolute atomic E-state index is 12.5. The second-order valence-electron chi connectivity index (χ2n) is 6.97. The molecule has 0 saturated carbocycles. The molecule has 2 N–H and O–H groups in total. The normalized spacial score (nSPS) is 19.2. The van der Waals surface area contributed by atoms with Crippen molar-refractivity contribution in [3.63, 3.8) is 0 Å². The average molecular weight is 334 g/mol. The van der Waals surface area contributed by atoms with E-state index in [0.717, 1.165) is 29.9 Å². The third-order valence-electron chi connectivity index (χ3n) is 4.25. The number of halogens is 1. The van der Waals surface area contributed by atoms with E-state index in [1.807, 2.05) is 13.0 Å². The summed E-state index contributed by atoms with van der Waals surface area (Å²) in [6.45, 7) is 6.26. The summed E-state index contributed by atoms with van der Waals surface area (Å²) in [7, 11) is 0. The molecular formula is C18H20ClNO3. The van der Waals surface area contributed by atoms with E-state index < -0.39 is 0 Å². The number of aryl methyl sites for hydroxylation is 1. The Bertz CT molecular complexity index is 764. The van der Waals surface area contributed by atoms with Crippen molar-refractivity contribution < 1.29 is 14.3 Å². The average Bonchev–Trinajstić information content (AvgIpc) is 2.80. The Labute approximate surface area is 140 Å². The van der Waals surface area contributed by atoms with Crippen LogP contribution in [0.5, 0.6) is 5.75 Å². The van der Waals surface area contributed by atoms with Crippen LogP contribution in [-0.4, -0.2) is 11.0 Å². The van der Waals surface area contributed by atoms with Crippen LogP contribution in [0.1, 0.15) is 53.8 Å². The number of amides is 1. The van der Waals surface area contributed by atoms with Crippen LogP contribution in [-0.2, 0) is 6.42 Å². The topological polar surface area (TPSA) is 62.5 Å². The molecule has 3 rings (SSSR count). The van der Waals surface area contributed by atoms with Crippen molar-refractivity contribution in [2.45, 2.75) is 39.7 Å². The number of benzene rings is 1. The van der Waals surface area contributed by atoms with E-state index in [4.69, 9.17) is 16.0 Å². The van der Waals surface area contributed by atoms with E-state index in [1.54, 1.807) is 6.07 Å². The lowest BCUT2D eigenvalue weighted by Crippen LogP contribution is -2.36. The highest BCUT2D eigenvalue weighted by molar-refractivity contribution is 6.32. The van der Waals surface area contributed by atoms with Crippen molar-refractivity contribution in [1.29, 1.82) is 0 Å². The molecule has 0 unspecified atom stereocenters. The lowest BCUT2D eigenvalue weighted by Gasteiger charge is -2.34. The minimum absolute atomic E-state index is 0.0326. The van der Waals surface area contributed by atoms with Gasteiger partial charge in [0.2, 0.25) is 0 Å². The molecule has 0 bridgehead atoms. The number of phenolic OH excluding ortho intramolecular Hbond substituents is 1. The van der Waals surface area contributed by atoms with Gasteiger partial charge in [-0.2, -0.15) is 0 Å². The summed E-state index contributed by atoms with van der Waals surface area (Å²) < 4.78 is 5.79. The van der Waals surface area contributed by atoms with E-state index in [-0.39, 0.29) is 28.1 Å². The number of furan rings is 1. The first-order valence-electron chi connectivity index (χ1n) is 7.64. The smallest absolute Gasteiger partial charge is 0.251 e. The number of carbonyl (C=O) groups excluding carboxylic acids is 1. The Hall–Kier alpha value is -1.94. The fourth-order valence-corrected chi connectivity index (χ4v) is 3.38. The van der Waals surface area contributed by atoms with Gasteiger partial charge in [0.1, 0.15) is 17.3 Å². The summed E-state index contributed by atoms with van der Waals surface area (Å²) in [5, 5.41) is 12.7. The first-order valence-corrected chi connectivity index (χ1v) is 8.01. The minimum atomic E-state index is -0.209. The molecule has 0 fully saturated rings. The van der Waals surface area contributed by atoms with Gasteiger partial charge in [0, 0.05) is 17.5 Å². The molecule has 23 heavy (non-hydrogen) atoms. The first-order chi connectivity index (χ1) is 10.7. The van der Waals surface area contributed by atoms with Gasteiger partial charge in [0.25, 0.3) is 5.91 Å². The summed E-state index contributed by atoms with van der Waals surface area (Å²) in [6.07, 6.45) is 1.71. The molecular weight excluding hydrogens is 314 g/mol. The monoisotopic (exact) mass is 333 g/mol. The van der Waals surface area contributed by atoms with Gasteiger partial charge in [-0.1, -0.05) is 25.4 Å². The van der Waals surface area contributed by atoms with Gasteiger partial charge in [0.05, 0.1) is 11.1 Å². The predicted molar refractivity (Wildman–Crippen MR) is 88.9 cm³/mol. The van der Waals surface area contributed by atoms with Crippen molar-refractivity contribution >= 4 is 17.5 Å². The first kappa shape index (κ1) is 15.9. The molecule has 122 valence electrons. The Morgan fingerprint density at radius 2 is 2.13 bits per heavy atom. The molecule has 0 radical (unpaired) electrons. The number of phenols is 1. The number of hydrogen-bond acceptors (Lipinski definition) is 3. The summed E-state index contributed by atoms with van der Waals surface area (Å²) in [4.78, 5) is 12.5. The van der Waals surface area contributed by atoms with Gasteiger partial charge in [0.15, 0.2) is 0 Å². The molecule has 0 spiro atoms. The molecule has 1 atom stereocenters. The van der Waals surface area contributed by atoms with Crippen LogP contribution in [0.3, 0.4) is 0 Å². The molecule has 4 nitrogen and oxygen atoms in total. The van der Waals surface area contributed by atoms with E-state index in [0.29, 0.717) is 5.56 Å². The fraction of sp³-hybridized carbons (Fsp3) is 0.389. The zero-order valence-corrected chi connectivity index (χ0v) is 14.2. The van der Waals surface area contributed by atoms with Crippen LogP contribution in [0, 0.1) is 12.3 Å². The van der Waals surface area contributed by atoms with Crippen LogP contribution in [0.25, 0.3) is 0 Å². The molecule has 1 aliphatic carbocycles. The highest BCUT2D eigenvalue weighted by Gasteiger charge is 2.35. The molecule has 1 amide bonds. The lowest BCUT2D eigenvalue weighted by molar-refractivity contribution is 0.0917. The Morgan fingerprint density at radius 3 is 2.83 bits per heavy atom.